The van der Waals surface area contributed by atoms with Gasteiger partial charge in [-0.2, -0.15) is 5.10 Å². The predicted octanol–water partition coefficient (Wildman–Crippen LogP) is 5.39. The second-order valence-electron chi connectivity index (χ2n) is 8.72. The van der Waals surface area contributed by atoms with Gasteiger partial charge in [0.05, 0.1) is 29.6 Å². The van der Waals surface area contributed by atoms with E-state index in [0.717, 1.165) is 82.4 Å². The van der Waals surface area contributed by atoms with Crippen molar-refractivity contribution in [3.63, 3.8) is 0 Å². The fourth-order valence-electron chi connectivity index (χ4n) is 4.81. The zero-order chi connectivity index (χ0) is 23.1. The molecule has 7 nitrogen and oxygen atoms in total. The number of ether oxygens (including phenoxy) is 1. The molecule has 170 valence electrons. The zero-order valence-electron chi connectivity index (χ0n) is 19.4. The molecule has 3 aromatic heterocycles. The lowest BCUT2D eigenvalue weighted by Gasteiger charge is -2.11. The van der Waals surface area contributed by atoms with Gasteiger partial charge in [0.2, 0.25) is 0 Å². The third kappa shape index (κ3) is 3.44. The van der Waals surface area contributed by atoms with Crippen LogP contribution in [0.2, 0.25) is 0 Å². The van der Waals surface area contributed by atoms with Crippen LogP contribution in [0.3, 0.4) is 0 Å². The number of aromatic nitrogens is 6. The summed E-state index contributed by atoms with van der Waals surface area (Å²) in [7, 11) is 1.68. The van der Waals surface area contributed by atoms with Crippen LogP contribution in [0.25, 0.3) is 39.4 Å². The molecule has 0 saturated carbocycles. The SMILES string of the molecule is COc1ccc(-c2cc(-c3nnc4n3CCCCC4)c3c(C)nn(-c4ccccc4)c3n2)cc1. The number of para-hydroxylation sites is 1. The Morgan fingerprint density at radius 3 is 2.53 bits per heavy atom. The molecular formula is C27H26N6O. The fourth-order valence-corrected chi connectivity index (χ4v) is 4.81. The predicted molar refractivity (Wildman–Crippen MR) is 132 cm³/mol. The van der Waals surface area contributed by atoms with Crippen LogP contribution in [-0.4, -0.2) is 36.6 Å². The minimum Gasteiger partial charge on any atom is -0.497 e. The van der Waals surface area contributed by atoms with Crippen LogP contribution in [0.5, 0.6) is 5.75 Å². The zero-order valence-corrected chi connectivity index (χ0v) is 19.4. The Labute approximate surface area is 198 Å². The van der Waals surface area contributed by atoms with Crippen molar-refractivity contribution in [2.75, 3.05) is 7.11 Å². The van der Waals surface area contributed by atoms with Crippen molar-refractivity contribution in [1.82, 2.24) is 29.5 Å². The summed E-state index contributed by atoms with van der Waals surface area (Å²) in [5.41, 5.74) is 5.62. The maximum absolute atomic E-state index is 5.36. The van der Waals surface area contributed by atoms with Crippen molar-refractivity contribution in [1.29, 1.82) is 0 Å². The number of hydrogen-bond donors (Lipinski definition) is 0. The Morgan fingerprint density at radius 2 is 1.74 bits per heavy atom. The normalized spacial score (nSPS) is 13.6. The second kappa shape index (κ2) is 8.41. The van der Waals surface area contributed by atoms with Crippen LogP contribution in [0.1, 0.15) is 30.8 Å². The van der Waals surface area contributed by atoms with Crippen LogP contribution in [0.4, 0.5) is 0 Å². The number of benzene rings is 2. The van der Waals surface area contributed by atoms with E-state index in [1.165, 1.54) is 6.42 Å². The van der Waals surface area contributed by atoms with Crippen molar-refractivity contribution in [3.05, 3.63) is 72.2 Å². The maximum Gasteiger partial charge on any atom is 0.164 e. The van der Waals surface area contributed by atoms with Crippen molar-refractivity contribution in [2.45, 2.75) is 39.2 Å². The van der Waals surface area contributed by atoms with E-state index in [0.29, 0.717) is 0 Å². The number of aryl methyl sites for hydroxylation is 2. The summed E-state index contributed by atoms with van der Waals surface area (Å²) in [5, 5.41) is 15.2. The molecule has 7 heteroatoms. The number of rotatable bonds is 4. The van der Waals surface area contributed by atoms with Crippen molar-refractivity contribution in [2.24, 2.45) is 0 Å². The lowest BCUT2D eigenvalue weighted by atomic mass is 10.0. The van der Waals surface area contributed by atoms with Gasteiger partial charge in [0.25, 0.3) is 0 Å². The van der Waals surface area contributed by atoms with Gasteiger partial charge in [0, 0.05) is 24.1 Å². The molecule has 4 heterocycles. The molecule has 2 aromatic carbocycles. The van der Waals surface area contributed by atoms with Gasteiger partial charge in [-0.15, -0.1) is 10.2 Å². The first-order chi connectivity index (χ1) is 16.7. The highest BCUT2D eigenvalue weighted by Gasteiger charge is 2.23. The summed E-state index contributed by atoms with van der Waals surface area (Å²) in [6, 6.07) is 20.3. The first-order valence-corrected chi connectivity index (χ1v) is 11.8. The molecule has 1 aliphatic rings. The maximum atomic E-state index is 5.36. The van der Waals surface area contributed by atoms with E-state index >= 15 is 0 Å². The molecule has 0 unspecified atom stereocenters. The van der Waals surface area contributed by atoms with E-state index in [-0.39, 0.29) is 0 Å². The Bertz CT molecular complexity index is 1470. The molecule has 0 amide bonds. The van der Waals surface area contributed by atoms with Crippen LogP contribution < -0.4 is 4.74 Å². The van der Waals surface area contributed by atoms with Gasteiger partial charge in [-0.25, -0.2) is 9.67 Å². The van der Waals surface area contributed by atoms with Crippen molar-refractivity contribution >= 4 is 11.0 Å². The minimum atomic E-state index is 0.818. The average Bonchev–Trinajstić information content (AvgIpc) is 3.35. The lowest BCUT2D eigenvalue weighted by molar-refractivity contribution is 0.415. The summed E-state index contributed by atoms with van der Waals surface area (Å²) in [5.74, 6) is 2.78. The Morgan fingerprint density at radius 1 is 0.912 bits per heavy atom. The van der Waals surface area contributed by atoms with Gasteiger partial charge >= 0.3 is 0 Å². The number of hydrogen-bond acceptors (Lipinski definition) is 5. The summed E-state index contributed by atoms with van der Waals surface area (Å²) >= 11 is 0. The molecule has 0 fully saturated rings. The van der Waals surface area contributed by atoms with Crippen molar-refractivity contribution < 1.29 is 4.74 Å². The molecule has 0 N–H and O–H groups in total. The molecule has 0 atom stereocenters. The molecule has 34 heavy (non-hydrogen) atoms. The molecular weight excluding hydrogens is 424 g/mol. The van der Waals surface area contributed by atoms with Gasteiger partial charge in [0.1, 0.15) is 11.6 Å². The third-order valence-electron chi connectivity index (χ3n) is 6.55. The van der Waals surface area contributed by atoms with Gasteiger partial charge in [-0.05, 0) is 62.2 Å². The van der Waals surface area contributed by atoms with E-state index < -0.39 is 0 Å². The lowest BCUT2D eigenvalue weighted by Crippen LogP contribution is -2.04. The number of methoxy groups -OCH3 is 1. The monoisotopic (exact) mass is 450 g/mol. The highest BCUT2D eigenvalue weighted by Crippen LogP contribution is 2.35. The molecule has 0 radical (unpaired) electrons. The summed E-state index contributed by atoms with van der Waals surface area (Å²) < 4.78 is 9.58. The first kappa shape index (κ1) is 20.6. The summed E-state index contributed by atoms with van der Waals surface area (Å²) in [4.78, 5) is 5.10. The Kier molecular flexibility index (Phi) is 5.09. The van der Waals surface area contributed by atoms with Crippen LogP contribution in [-0.2, 0) is 13.0 Å². The van der Waals surface area contributed by atoms with Gasteiger partial charge in [-0.1, -0.05) is 24.6 Å². The van der Waals surface area contributed by atoms with Crippen LogP contribution in [0.15, 0.2) is 60.7 Å². The number of nitrogens with zero attached hydrogens (tertiary/aromatic N) is 6. The van der Waals surface area contributed by atoms with Crippen LogP contribution in [0, 0.1) is 6.92 Å². The summed E-state index contributed by atoms with van der Waals surface area (Å²) in [6.07, 6.45) is 4.48. The molecule has 6 rings (SSSR count). The van der Waals surface area contributed by atoms with Gasteiger partial charge in [0.15, 0.2) is 11.5 Å². The largest absolute Gasteiger partial charge is 0.497 e. The van der Waals surface area contributed by atoms with E-state index in [1.807, 2.05) is 54.1 Å². The van der Waals surface area contributed by atoms with Crippen LogP contribution >= 0.6 is 0 Å². The Balaban J connectivity index is 1.63. The first-order valence-electron chi connectivity index (χ1n) is 11.8. The molecule has 0 bridgehead atoms. The van der Waals surface area contributed by atoms with Gasteiger partial charge in [-0.3, -0.25) is 0 Å². The van der Waals surface area contributed by atoms with E-state index in [2.05, 4.69) is 33.0 Å². The number of pyridine rings is 1. The highest BCUT2D eigenvalue weighted by molar-refractivity contribution is 5.96. The van der Waals surface area contributed by atoms with E-state index in [1.54, 1.807) is 7.11 Å². The highest BCUT2D eigenvalue weighted by atomic mass is 16.5. The van der Waals surface area contributed by atoms with E-state index in [4.69, 9.17) is 14.8 Å². The molecule has 0 saturated heterocycles. The average molecular weight is 451 g/mol. The standard InChI is InChI=1S/C27H26N6O/c1-18-25-22(26-30-29-24-11-7-4-8-16-32(24)26)17-23(19-12-14-21(34-2)15-13-19)28-27(25)33(31-18)20-9-5-3-6-10-20/h3,5-6,9-10,12-15,17H,4,7-8,11,16H2,1-2H3. The molecule has 0 spiro atoms. The smallest absolute Gasteiger partial charge is 0.164 e. The van der Waals surface area contributed by atoms with E-state index in [9.17, 15) is 0 Å². The quantitative estimate of drug-likeness (QED) is 0.367. The second-order valence-corrected chi connectivity index (χ2v) is 8.72. The summed E-state index contributed by atoms with van der Waals surface area (Å²) in [6.45, 7) is 2.98. The molecule has 1 aliphatic heterocycles. The fraction of sp³-hybridized carbons (Fsp3) is 0.259. The number of fused-ring (bicyclic) bond motifs is 2. The molecule has 5 aromatic rings. The third-order valence-corrected chi connectivity index (χ3v) is 6.55. The van der Waals surface area contributed by atoms with Gasteiger partial charge < -0.3 is 9.30 Å². The van der Waals surface area contributed by atoms with Crippen molar-refractivity contribution in [3.8, 4) is 34.1 Å². The molecule has 0 aliphatic carbocycles. The topological polar surface area (TPSA) is 70.7 Å². The minimum absolute atomic E-state index is 0.818. The Hall–Kier alpha value is -4.00.